The second-order valence-corrected chi connectivity index (χ2v) is 11.2. The van der Waals surface area contributed by atoms with Crippen LogP contribution in [0.4, 0.5) is 0 Å². The molecule has 0 radical (unpaired) electrons. The summed E-state index contributed by atoms with van der Waals surface area (Å²) in [5.74, 6) is -1.46. The van der Waals surface area contributed by atoms with Crippen LogP contribution in [-0.4, -0.2) is 58.1 Å². The lowest BCUT2D eigenvalue weighted by Crippen LogP contribution is -2.56. The summed E-state index contributed by atoms with van der Waals surface area (Å²) in [6.45, 7) is 2.04. The molecule has 2 saturated heterocycles. The third kappa shape index (κ3) is 4.82. The fourth-order valence-corrected chi connectivity index (χ4v) is 7.59. The molecule has 8 nitrogen and oxygen atoms in total. The Bertz CT molecular complexity index is 802. The molecular weight excluding hydrogens is 432 g/mol. The minimum Gasteiger partial charge on any atom is -0.368 e. The van der Waals surface area contributed by atoms with Gasteiger partial charge in [-0.3, -0.25) is 19.2 Å². The molecule has 7 unspecified atom stereocenters. The van der Waals surface area contributed by atoms with Crippen LogP contribution in [-0.2, 0) is 19.2 Å². The normalized spacial score (nSPS) is 34.9. The lowest BCUT2D eigenvalue weighted by Gasteiger charge is -2.40. The molecule has 34 heavy (non-hydrogen) atoms. The van der Waals surface area contributed by atoms with Crippen molar-refractivity contribution < 1.29 is 19.2 Å². The molecule has 2 aliphatic heterocycles. The molecule has 0 spiro atoms. The van der Waals surface area contributed by atoms with E-state index in [2.05, 4.69) is 6.92 Å². The van der Waals surface area contributed by atoms with E-state index in [9.17, 15) is 19.2 Å². The predicted octanol–water partition coefficient (Wildman–Crippen LogP) is 2.33. The van der Waals surface area contributed by atoms with Gasteiger partial charge in [-0.05, 0) is 49.9 Å². The van der Waals surface area contributed by atoms with E-state index in [1.165, 1.54) is 6.42 Å². The maximum Gasteiger partial charge on any atom is 0.241 e. The number of amides is 4. The molecule has 0 aromatic heterocycles. The molecule has 2 saturated carbocycles. The number of carbonyl (C=O) groups is 4. The maximum atomic E-state index is 13.8. The van der Waals surface area contributed by atoms with Crippen molar-refractivity contribution in [1.29, 1.82) is 0 Å². The molecule has 7 atom stereocenters. The first kappa shape index (κ1) is 25.0. The second kappa shape index (κ2) is 10.6. The van der Waals surface area contributed by atoms with Crippen LogP contribution in [0.2, 0.25) is 0 Å². The van der Waals surface area contributed by atoms with E-state index in [-0.39, 0.29) is 42.3 Å². The Hall–Kier alpha value is -2.12. The summed E-state index contributed by atoms with van der Waals surface area (Å²) >= 11 is 0. The summed E-state index contributed by atoms with van der Waals surface area (Å²) in [4.78, 5) is 55.3. The van der Waals surface area contributed by atoms with Crippen molar-refractivity contribution in [1.82, 2.24) is 9.80 Å². The first-order valence-electron chi connectivity index (χ1n) is 13.5. The topological polar surface area (TPSA) is 127 Å². The predicted molar refractivity (Wildman–Crippen MR) is 128 cm³/mol. The molecule has 8 heteroatoms. The van der Waals surface area contributed by atoms with E-state index >= 15 is 0 Å². The largest absolute Gasteiger partial charge is 0.368 e. The summed E-state index contributed by atoms with van der Waals surface area (Å²) in [5.41, 5.74) is 11.5. The third-order valence-corrected chi connectivity index (χ3v) is 9.07. The summed E-state index contributed by atoms with van der Waals surface area (Å²) in [6, 6.07) is -1.08. The smallest absolute Gasteiger partial charge is 0.241 e. The van der Waals surface area contributed by atoms with Gasteiger partial charge in [0.2, 0.25) is 23.6 Å². The summed E-state index contributed by atoms with van der Waals surface area (Å²) in [7, 11) is 0. The molecule has 4 amide bonds. The van der Waals surface area contributed by atoms with Crippen LogP contribution in [0.15, 0.2) is 0 Å². The van der Waals surface area contributed by atoms with E-state index in [1.54, 1.807) is 9.80 Å². The number of carbonyl (C=O) groups excluding carboxylic acids is 4. The number of likely N-dealkylation sites (tertiary alicyclic amines) is 2. The SMILES string of the molecule is CCCCC1CCC2C(C1)C(C(C(N)=O)N1C(=O)CC3CCCCCCC31)C(=O)N2CC(N)=O. The zero-order valence-electron chi connectivity index (χ0n) is 20.6. The van der Waals surface area contributed by atoms with Gasteiger partial charge < -0.3 is 21.3 Å². The monoisotopic (exact) mass is 474 g/mol. The molecule has 2 aliphatic carbocycles. The standard InChI is InChI=1S/C26H42N4O4/c1-2-3-8-16-11-12-20-18(13-16)23(26(34)29(20)15-21(27)31)24(25(28)33)30-19-10-7-5-4-6-9-17(19)14-22(30)32/h16-20,23-24H,2-15H2,1H3,(H2,27,31)(H2,28,33). The van der Waals surface area contributed by atoms with Crippen LogP contribution in [0.5, 0.6) is 0 Å². The van der Waals surface area contributed by atoms with Crippen molar-refractivity contribution in [3.63, 3.8) is 0 Å². The zero-order valence-corrected chi connectivity index (χ0v) is 20.6. The van der Waals surface area contributed by atoms with Gasteiger partial charge in [-0.1, -0.05) is 51.9 Å². The first-order chi connectivity index (χ1) is 16.3. The molecule has 4 N–H and O–H groups in total. The van der Waals surface area contributed by atoms with Crippen LogP contribution in [0.25, 0.3) is 0 Å². The van der Waals surface area contributed by atoms with Crippen molar-refractivity contribution in [3.05, 3.63) is 0 Å². The zero-order chi connectivity index (χ0) is 24.4. The van der Waals surface area contributed by atoms with Gasteiger partial charge in [0.15, 0.2) is 0 Å². The quantitative estimate of drug-likeness (QED) is 0.560. The molecular formula is C26H42N4O4. The van der Waals surface area contributed by atoms with E-state index < -0.39 is 23.8 Å². The summed E-state index contributed by atoms with van der Waals surface area (Å²) in [5, 5.41) is 0. The number of unbranched alkanes of at least 4 members (excludes halogenated alkanes) is 1. The molecule has 4 aliphatic rings. The second-order valence-electron chi connectivity index (χ2n) is 11.2. The lowest BCUT2D eigenvalue weighted by molar-refractivity contribution is -0.146. The molecule has 190 valence electrons. The van der Waals surface area contributed by atoms with Gasteiger partial charge in [0, 0.05) is 18.5 Å². The third-order valence-electron chi connectivity index (χ3n) is 9.07. The first-order valence-corrected chi connectivity index (χ1v) is 13.5. The number of hydrogen-bond acceptors (Lipinski definition) is 4. The van der Waals surface area contributed by atoms with Gasteiger partial charge in [-0.15, -0.1) is 0 Å². The Balaban J connectivity index is 1.66. The fraction of sp³-hybridized carbons (Fsp3) is 0.846. The molecule has 0 aromatic carbocycles. The van der Waals surface area contributed by atoms with Crippen LogP contribution >= 0.6 is 0 Å². The van der Waals surface area contributed by atoms with Crippen LogP contribution in [0.3, 0.4) is 0 Å². The number of hydrogen-bond donors (Lipinski definition) is 2. The molecule has 4 rings (SSSR count). The van der Waals surface area contributed by atoms with Crippen molar-refractivity contribution in [3.8, 4) is 0 Å². The minimum atomic E-state index is -0.940. The van der Waals surface area contributed by atoms with Gasteiger partial charge in [-0.2, -0.15) is 0 Å². The summed E-state index contributed by atoms with van der Waals surface area (Å²) < 4.78 is 0. The molecule has 2 heterocycles. The Morgan fingerprint density at radius 3 is 2.41 bits per heavy atom. The van der Waals surface area contributed by atoms with E-state index in [1.807, 2.05) is 0 Å². The van der Waals surface area contributed by atoms with Crippen LogP contribution in [0, 0.1) is 23.7 Å². The van der Waals surface area contributed by atoms with Crippen LogP contribution < -0.4 is 11.5 Å². The number of fused-ring (bicyclic) bond motifs is 2. The van der Waals surface area contributed by atoms with Gasteiger partial charge in [0.05, 0.1) is 12.5 Å². The Morgan fingerprint density at radius 1 is 1.00 bits per heavy atom. The van der Waals surface area contributed by atoms with Gasteiger partial charge >= 0.3 is 0 Å². The Labute approximate surface area is 203 Å². The number of primary amides is 2. The van der Waals surface area contributed by atoms with Crippen LogP contribution in [0.1, 0.15) is 90.4 Å². The van der Waals surface area contributed by atoms with Crippen molar-refractivity contribution in [2.75, 3.05) is 6.54 Å². The van der Waals surface area contributed by atoms with Crippen molar-refractivity contribution in [2.45, 2.75) is 109 Å². The highest BCUT2D eigenvalue weighted by atomic mass is 16.2. The van der Waals surface area contributed by atoms with E-state index in [4.69, 9.17) is 11.5 Å². The molecule has 0 bridgehead atoms. The van der Waals surface area contributed by atoms with Gasteiger partial charge in [0.25, 0.3) is 0 Å². The highest BCUT2D eigenvalue weighted by Gasteiger charge is 2.58. The van der Waals surface area contributed by atoms with E-state index in [0.717, 1.165) is 70.6 Å². The minimum absolute atomic E-state index is 0.0266. The van der Waals surface area contributed by atoms with Gasteiger partial charge in [0.1, 0.15) is 6.04 Å². The molecule has 4 fully saturated rings. The van der Waals surface area contributed by atoms with Crippen molar-refractivity contribution >= 4 is 23.6 Å². The Morgan fingerprint density at radius 2 is 1.74 bits per heavy atom. The average molecular weight is 475 g/mol. The van der Waals surface area contributed by atoms with Gasteiger partial charge in [-0.25, -0.2) is 0 Å². The average Bonchev–Trinajstić information content (AvgIpc) is 3.20. The summed E-state index contributed by atoms with van der Waals surface area (Å²) in [6.07, 6.45) is 12.7. The lowest BCUT2D eigenvalue weighted by atomic mass is 9.70. The number of nitrogens with zero attached hydrogens (tertiary/aromatic N) is 2. The highest BCUT2D eigenvalue weighted by Crippen LogP contribution is 2.48. The fourth-order valence-electron chi connectivity index (χ4n) is 7.59. The maximum absolute atomic E-state index is 13.8. The van der Waals surface area contributed by atoms with E-state index in [0.29, 0.717) is 12.3 Å². The Kier molecular flexibility index (Phi) is 7.83. The van der Waals surface area contributed by atoms with Crippen molar-refractivity contribution in [2.24, 2.45) is 35.1 Å². The molecule has 0 aromatic rings. The number of rotatable bonds is 8. The number of nitrogens with two attached hydrogens (primary N) is 2. The highest BCUT2D eigenvalue weighted by molar-refractivity contribution is 5.96.